The maximum Gasteiger partial charge on any atom is 0.405 e. The van der Waals surface area contributed by atoms with Gasteiger partial charge in [-0.2, -0.15) is 13.2 Å². The normalized spacial score (nSPS) is 11.8. The SMILES string of the molecule is O=c1cc(NCC(F)(F)F)[nH]c2c(Cl)cccc12. The van der Waals surface area contributed by atoms with E-state index < -0.39 is 18.1 Å². The number of anilines is 1. The third-order valence-corrected chi connectivity index (χ3v) is 2.61. The third-order valence-electron chi connectivity index (χ3n) is 2.29. The molecule has 18 heavy (non-hydrogen) atoms. The van der Waals surface area contributed by atoms with Gasteiger partial charge in [-0.1, -0.05) is 17.7 Å². The molecule has 0 fully saturated rings. The van der Waals surface area contributed by atoms with E-state index in [2.05, 4.69) is 10.3 Å². The Morgan fingerprint density at radius 1 is 1.33 bits per heavy atom. The van der Waals surface area contributed by atoms with Crippen LogP contribution in [0.4, 0.5) is 19.0 Å². The van der Waals surface area contributed by atoms with Crippen molar-refractivity contribution in [2.24, 2.45) is 0 Å². The van der Waals surface area contributed by atoms with Crippen LogP contribution in [0.5, 0.6) is 0 Å². The van der Waals surface area contributed by atoms with Crippen LogP contribution in [-0.2, 0) is 0 Å². The zero-order valence-corrected chi connectivity index (χ0v) is 9.69. The van der Waals surface area contributed by atoms with Crippen LogP contribution in [0, 0.1) is 0 Å². The van der Waals surface area contributed by atoms with Crippen LogP contribution >= 0.6 is 11.6 Å². The van der Waals surface area contributed by atoms with Gasteiger partial charge in [-0.05, 0) is 12.1 Å². The molecule has 0 spiro atoms. The van der Waals surface area contributed by atoms with Crippen LogP contribution in [0.15, 0.2) is 29.1 Å². The first-order valence-electron chi connectivity index (χ1n) is 4.99. The lowest BCUT2D eigenvalue weighted by molar-refractivity contribution is -0.115. The van der Waals surface area contributed by atoms with Crippen molar-refractivity contribution in [3.8, 4) is 0 Å². The Morgan fingerprint density at radius 2 is 2.06 bits per heavy atom. The first-order valence-corrected chi connectivity index (χ1v) is 5.37. The second-order valence-corrected chi connectivity index (χ2v) is 4.09. The van der Waals surface area contributed by atoms with E-state index >= 15 is 0 Å². The number of rotatable bonds is 2. The highest BCUT2D eigenvalue weighted by Gasteiger charge is 2.26. The Kier molecular flexibility index (Phi) is 3.21. The highest BCUT2D eigenvalue weighted by molar-refractivity contribution is 6.35. The number of benzene rings is 1. The number of hydrogen-bond acceptors (Lipinski definition) is 2. The predicted molar refractivity (Wildman–Crippen MR) is 64.1 cm³/mol. The molecule has 0 aliphatic rings. The largest absolute Gasteiger partial charge is 0.405 e. The van der Waals surface area contributed by atoms with E-state index in [9.17, 15) is 18.0 Å². The predicted octanol–water partition coefficient (Wildman–Crippen LogP) is 3.16. The summed E-state index contributed by atoms with van der Waals surface area (Å²) in [5, 5.41) is 2.72. The van der Waals surface area contributed by atoms with Crippen molar-refractivity contribution in [2.45, 2.75) is 6.18 Å². The number of pyridine rings is 1. The highest BCUT2D eigenvalue weighted by Crippen LogP contribution is 2.21. The average molecular weight is 277 g/mol. The number of aromatic nitrogens is 1. The molecule has 3 nitrogen and oxygen atoms in total. The lowest BCUT2D eigenvalue weighted by atomic mass is 10.2. The Labute approximate surface area is 105 Å². The van der Waals surface area contributed by atoms with Crippen LogP contribution in [0.25, 0.3) is 10.9 Å². The van der Waals surface area contributed by atoms with E-state index in [0.29, 0.717) is 10.9 Å². The molecule has 2 N–H and O–H groups in total. The van der Waals surface area contributed by atoms with Crippen molar-refractivity contribution < 1.29 is 13.2 Å². The number of hydrogen-bond donors (Lipinski definition) is 2. The number of nitrogens with one attached hydrogen (secondary N) is 2. The average Bonchev–Trinajstić information content (AvgIpc) is 2.27. The summed E-state index contributed by atoms with van der Waals surface area (Å²) in [6.07, 6.45) is -4.35. The van der Waals surface area contributed by atoms with E-state index in [1.807, 2.05) is 0 Å². The topological polar surface area (TPSA) is 44.9 Å². The van der Waals surface area contributed by atoms with Crippen LogP contribution in [0.2, 0.25) is 5.02 Å². The van der Waals surface area contributed by atoms with Crippen molar-refractivity contribution in [3.63, 3.8) is 0 Å². The summed E-state index contributed by atoms with van der Waals surface area (Å²) in [6, 6.07) is 5.77. The second-order valence-electron chi connectivity index (χ2n) is 3.68. The number of aromatic amines is 1. The molecule has 2 rings (SSSR count). The lowest BCUT2D eigenvalue weighted by Crippen LogP contribution is -2.22. The molecule has 0 atom stereocenters. The van der Waals surface area contributed by atoms with Gasteiger partial charge in [0.05, 0.1) is 10.5 Å². The van der Waals surface area contributed by atoms with Crippen LogP contribution in [0.1, 0.15) is 0 Å². The third kappa shape index (κ3) is 2.76. The molecule has 0 amide bonds. The van der Waals surface area contributed by atoms with Gasteiger partial charge < -0.3 is 10.3 Å². The minimum atomic E-state index is -4.35. The molecule has 0 radical (unpaired) electrons. The number of H-pyrrole nitrogens is 1. The van der Waals surface area contributed by atoms with Crippen molar-refractivity contribution in [1.29, 1.82) is 0 Å². The molecule has 0 saturated carbocycles. The fraction of sp³-hybridized carbons (Fsp3) is 0.182. The van der Waals surface area contributed by atoms with E-state index in [-0.39, 0.29) is 10.8 Å². The van der Waals surface area contributed by atoms with Crippen molar-refractivity contribution >= 4 is 28.3 Å². The summed E-state index contributed by atoms with van der Waals surface area (Å²) >= 11 is 5.87. The number of halogens is 4. The molecular weight excluding hydrogens is 269 g/mol. The van der Waals surface area contributed by atoms with E-state index in [4.69, 9.17) is 11.6 Å². The van der Waals surface area contributed by atoms with Crippen molar-refractivity contribution in [1.82, 2.24) is 4.98 Å². The summed E-state index contributed by atoms with van der Waals surface area (Å²) in [7, 11) is 0. The van der Waals surface area contributed by atoms with Crippen molar-refractivity contribution in [3.05, 3.63) is 39.5 Å². The molecule has 0 bridgehead atoms. The zero-order valence-electron chi connectivity index (χ0n) is 8.94. The minimum absolute atomic E-state index is 0.0158. The van der Waals surface area contributed by atoms with Gasteiger partial charge in [-0.25, -0.2) is 0 Å². The molecular formula is C11H8ClF3N2O. The van der Waals surface area contributed by atoms with Crippen LogP contribution in [-0.4, -0.2) is 17.7 Å². The Bertz CT molecular complexity index is 636. The van der Waals surface area contributed by atoms with Gasteiger partial charge in [0.2, 0.25) is 0 Å². The summed E-state index contributed by atoms with van der Waals surface area (Å²) in [5.41, 5.74) is -0.0766. The standard InChI is InChI=1S/C11H8ClF3N2O/c12-7-3-1-2-6-8(18)4-9(17-10(6)7)16-5-11(13,14)15/h1-4H,5H2,(H2,16,17,18). The van der Waals surface area contributed by atoms with Gasteiger partial charge in [0.15, 0.2) is 5.43 Å². The molecule has 1 heterocycles. The quantitative estimate of drug-likeness (QED) is 0.885. The molecule has 0 unspecified atom stereocenters. The molecule has 1 aromatic carbocycles. The monoisotopic (exact) mass is 276 g/mol. The first-order chi connectivity index (χ1) is 8.37. The Balaban J connectivity index is 2.43. The smallest absolute Gasteiger partial charge is 0.363 e. The summed E-state index contributed by atoms with van der Waals surface area (Å²) < 4.78 is 36.2. The zero-order chi connectivity index (χ0) is 13.3. The van der Waals surface area contributed by atoms with Crippen LogP contribution in [0.3, 0.4) is 0 Å². The van der Waals surface area contributed by atoms with Crippen LogP contribution < -0.4 is 10.7 Å². The van der Waals surface area contributed by atoms with E-state index in [1.54, 1.807) is 18.2 Å². The minimum Gasteiger partial charge on any atom is -0.363 e. The van der Waals surface area contributed by atoms with Crippen molar-refractivity contribution in [2.75, 3.05) is 11.9 Å². The van der Waals surface area contributed by atoms with Gasteiger partial charge in [-0.15, -0.1) is 0 Å². The fourth-order valence-corrected chi connectivity index (χ4v) is 1.75. The van der Waals surface area contributed by atoms with E-state index in [0.717, 1.165) is 6.07 Å². The fourth-order valence-electron chi connectivity index (χ4n) is 1.53. The first kappa shape index (κ1) is 12.8. The Hall–Kier alpha value is -1.69. The number of fused-ring (bicyclic) bond motifs is 1. The van der Waals surface area contributed by atoms with Gasteiger partial charge in [0.25, 0.3) is 0 Å². The molecule has 1 aromatic heterocycles. The molecule has 0 aliphatic carbocycles. The van der Waals surface area contributed by atoms with Gasteiger partial charge in [-0.3, -0.25) is 4.79 Å². The van der Waals surface area contributed by atoms with E-state index in [1.165, 1.54) is 0 Å². The van der Waals surface area contributed by atoms with Gasteiger partial charge >= 0.3 is 6.18 Å². The van der Waals surface area contributed by atoms with Gasteiger partial charge in [0.1, 0.15) is 12.4 Å². The Morgan fingerprint density at radius 3 is 2.72 bits per heavy atom. The molecule has 2 aromatic rings. The molecule has 7 heteroatoms. The maximum atomic E-state index is 12.1. The number of alkyl halides is 3. The summed E-state index contributed by atoms with van der Waals surface area (Å²) in [5.74, 6) is -0.0158. The molecule has 0 aliphatic heterocycles. The summed E-state index contributed by atoms with van der Waals surface area (Å²) in [6.45, 7) is -1.22. The molecule has 0 saturated heterocycles. The second kappa shape index (κ2) is 4.53. The highest BCUT2D eigenvalue weighted by atomic mass is 35.5. The summed E-state index contributed by atoms with van der Waals surface area (Å²) in [4.78, 5) is 14.3. The maximum absolute atomic E-state index is 12.1. The number of para-hydroxylation sites is 1. The van der Waals surface area contributed by atoms with Gasteiger partial charge in [0, 0.05) is 11.5 Å². The lowest BCUT2D eigenvalue weighted by Gasteiger charge is -2.10. The molecule has 96 valence electrons.